The van der Waals surface area contributed by atoms with Gasteiger partial charge in [-0.05, 0) is 38.5 Å². The van der Waals surface area contributed by atoms with Gasteiger partial charge in [0.2, 0.25) is 0 Å². The third-order valence-corrected chi connectivity index (χ3v) is 4.46. The van der Waals surface area contributed by atoms with Crippen molar-refractivity contribution in [3.63, 3.8) is 0 Å². The summed E-state index contributed by atoms with van der Waals surface area (Å²) in [5, 5.41) is 9.74. The number of amides is 2. The number of carbonyl (C=O) groups excluding carboxylic acids is 3. The second kappa shape index (κ2) is 10.6. The van der Waals surface area contributed by atoms with Crippen molar-refractivity contribution in [2.45, 2.75) is 40.2 Å². The van der Waals surface area contributed by atoms with Crippen LogP contribution in [-0.4, -0.2) is 40.7 Å². The van der Waals surface area contributed by atoms with Gasteiger partial charge < -0.3 is 15.4 Å². The van der Waals surface area contributed by atoms with Crippen LogP contribution >= 0.6 is 11.6 Å². The summed E-state index contributed by atoms with van der Waals surface area (Å²) in [4.78, 5) is 36.4. The lowest BCUT2D eigenvalue weighted by Gasteiger charge is -2.08. The van der Waals surface area contributed by atoms with E-state index in [2.05, 4.69) is 15.7 Å². The number of nitrogens with zero attached hydrogens (tertiary/aromatic N) is 2. The molecule has 1 heterocycles. The Kier molecular flexibility index (Phi) is 8.21. The lowest BCUT2D eigenvalue weighted by Crippen LogP contribution is -2.23. The molecule has 8 nitrogen and oxygen atoms in total. The minimum absolute atomic E-state index is 0.161. The number of rotatable bonds is 9. The number of aryl methyl sites for hydroxylation is 2. The van der Waals surface area contributed by atoms with Gasteiger partial charge in [0, 0.05) is 24.3 Å². The number of ether oxygens (including phenoxy) is 1. The van der Waals surface area contributed by atoms with Crippen molar-refractivity contribution in [3.8, 4) is 0 Å². The predicted molar refractivity (Wildman–Crippen MR) is 110 cm³/mol. The second-order valence-electron chi connectivity index (χ2n) is 6.39. The van der Waals surface area contributed by atoms with E-state index < -0.39 is 18.5 Å². The fraction of sp³-hybridized carbons (Fsp3) is 0.400. The van der Waals surface area contributed by atoms with Crippen LogP contribution < -0.4 is 10.6 Å². The SMILES string of the molecule is CCCCn1nc(C)c(C(=O)OCC(=O)Nc2cccc(C(=O)NCC)c2)c1Cl. The summed E-state index contributed by atoms with van der Waals surface area (Å²) < 4.78 is 6.65. The van der Waals surface area contributed by atoms with E-state index >= 15 is 0 Å². The lowest BCUT2D eigenvalue weighted by atomic mass is 10.2. The minimum Gasteiger partial charge on any atom is -0.452 e. The maximum Gasteiger partial charge on any atom is 0.343 e. The number of hydrogen-bond donors (Lipinski definition) is 2. The number of benzene rings is 1. The Balaban J connectivity index is 1.96. The lowest BCUT2D eigenvalue weighted by molar-refractivity contribution is -0.119. The van der Waals surface area contributed by atoms with Gasteiger partial charge in [-0.1, -0.05) is 31.0 Å². The molecule has 0 unspecified atom stereocenters. The molecule has 0 radical (unpaired) electrons. The van der Waals surface area contributed by atoms with E-state index in [0.717, 1.165) is 12.8 Å². The van der Waals surface area contributed by atoms with Gasteiger partial charge in [-0.2, -0.15) is 5.10 Å². The highest BCUT2D eigenvalue weighted by atomic mass is 35.5. The Morgan fingerprint density at radius 1 is 1.24 bits per heavy atom. The van der Waals surface area contributed by atoms with Crippen molar-refractivity contribution in [2.75, 3.05) is 18.5 Å². The molecule has 2 rings (SSSR count). The molecule has 1 aromatic heterocycles. The predicted octanol–water partition coefficient (Wildman–Crippen LogP) is 3.19. The summed E-state index contributed by atoms with van der Waals surface area (Å²) in [7, 11) is 0. The summed E-state index contributed by atoms with van der Waals surface area (Å²) in [6, 6.07) is 6.48. The van der Waals surface area contributed by atoms with Crippen LogP contribution in [0.1, 0.15) is 53.1 Å². The average Bonchev–Trinajstić information content (AvgIpc) is 2.98. The molecule has 0 aliphatic rings. The topological polar surface area (TPSA) is 102 Å². The molecule has 0 atom stereocenters. The smallest absolute Gasteiger partial charge is 0.343 e. The molecule has 0 saturated carbocycles. The van der Waals surface area contributed by atoms with Crippen molar-refractivity contribution < 1.29 is 19.1 Å². The summed E-state index contributed by atoms with van der Waals surface area (Å²) in [6.45, 7) is 6.15. The summed E-state index contributed by atoms with van der Waals surface area (Å²) >= 11 is 6.24. The summed E-state index contributed by atoms with van der Waals surface area (Å²) in [5.74, 6) is -1.47. The standard InChI is InChI=1S/C20H25ClN4O4/c1-4-6-10-25-18(21)17(13(3)24-25)20(28)29-12-16(26)23-15-9-7-8-14(11-15)19(27)22-5-2/h7-9,11H,4-6,10,12H2,1-3H3,(H,22,27)(H,23,26). The van der Waals surface area contributed by atoms with Crippen LogP contribution in [0.25, 0.3) is 0 Å². The first kappa shape index (κ1) is 22.4. The van der Waals surface area contributed by atoms with Crippen LogP contribution in [0.5, 0.6) is 0 Å². The van der Waals surface area contributed by atoms with Gasteiger partial charge in [0.1, 0.15) is 10.7 Å². The van der Waals surface area contributed by atoms with Crippen LogP contribution in [0.2, 0.25) is 5.15 Å². The summed E-state index contributed by atoms with van der Waals surface area (Å²) in [6.07, 6.45) is 1.85. The van der Waals surface area contributed by atoms with Crippen LogP contribution in [0.4, 0.5) is 5.69 Å². The number of aromatic nitrogens is 2. The monoisotopic (exact) mass is 420 g/mol. The third-order valence-electron chi connectivity index (χ3n) is 4.07. The van der Waals surface area contributed by atoms with Gasteiger partial charge >= 0.3 is 5.97 Å². The first-order chi connectivity index (χ1) is 13.9. The van der Waals surface area contributed by atoms with E-state index in [4.69, 9.17) is 16.3 Å². The molecule has 0 fully saturated rings. The van der Waals surface area contributed by atoms with Gasteiger partial charge in [0.15, 0.2) is 6.61 Å². The Labute approximate surface area is 174 Å². The quantitative estimate of drug-likeness (QED) is 0.606. The van der Waals surface area contributed by atoms with Crippen LogP contribution in [0, 0.1) is 6.92 Å². The van der Waals surface area contributed by atoms with Gasteiger partial charge in [-0.25, -0.2) is 4.79 Å². The maximum atomic E-state index is 12.4. The molecule has 1 aromatic carbocycles. The molecular formula is C20H25ClN4O4. The van der Waals surface area contributed by atoms with Crippen LogP contribution in [-0.2, 0) is 16.1 Å². The van der Waals surface area contributed by atoms with E-state index in [1.807, 2.05) is 13.8 Å². The van der Waals surface area contributed by atoms with E-state index in [-0.39, 0.29) is 16.6 Å². The van der Waals surface area contributed by atoms with Gasteiger partial charge in [-0.15, -0.1) is 0 Å². The average molecular weight is 421 g/mol. The summed E-state index contributed by atoms with van der Waals surface area (Å²) in [5.41, 5.74) is 1.46. The van der Waals surface area contributed by atoms with Crippen molar-refractivity contribution in [3.05, 3.63) is 46.2 Å². The third kappa shape index (κ3) is 6.05. The molecule has 0 spiro atoms. The molecule has 0 saturated heterocycles. The number of anilines is 1. The first-order valence-electron chi connectivity index (χ1n) is 9.45. The molecule has 156 valence electrons. The van der Waals surface area contributed by atoms with Crippen LogP contribution in [0.15, 0.2) is 24.3 Å². The minimum atomic E-state index is -0.707. The van der Waals surface area contributed by atoms with Crippen molar-refractivity contribution in [1.82, 2.24) is 15.1 Å². The van der Waals surface area contributed by atoms with Gasteiger partial charge in [0.25, 0.3) is 11.8 Å². The fourth-order valence-electron chi connectivity index (χ4n) is 2.64. The number of esters is 1. The first-order valence-corrected chi connectivity index (χ1v) is 9.83. The Morgan fingerprint density at radius 3 is 2.69 bits per heavy atom. The largest absolute Gasteiger partial charge is 0.452 e. The van der Waals surface area contributed by atoms with E-state index in [0.29, 0.717) is 30.0 Å². The number of unbranched alkanes of at least 4 members (excludes halogenated alkanes) is 1. The number of nitrogens with one attached hydrogen (secondary N) is 2. The molecule has 2 amide bonds. The number of halogens is 1. The zero-order valence-corrected chi connectivity index (χ0v) is 17.5. The van der Waals surface area contributed by atoms with Crippen molar-refractivity contribution >= 4 is 35.1 Å². The molecule has 2 aromatic rings. The molecule has 0 aliphatic carbocycles. The molecule has 0 bridgehead atoms. The molecule has 29 heavy (non-hydrogen) atoms. The fourth-order valence-corrected chi connectivity index (χ4v) is 2.98. The molecule has 9 heteroatoms. The maximum absolute atomic E-state index is 12.4. The Hall–Kier alpha value is -2.87. The highest BCUT2D eigenvalue weighted by Crippen LogP contribution is 2.21. The number of hydrogen-bond acceptors (Lipinski definition) is 5. The highest BCUT2D eigenvalue weighted by molar-refractivity contribution is 6.32. The Bertz CT molecular complexity index is 895. The van der Waals surface area contributed by atoms with Gasteiger partial charge in [0.05, 0.1) is 5.69 Å². The normalized spacial score (nSPS) is 10.5. The van der Waals surface area contributed by atoms with E-state index in [1.54, 1.807) is 35.9 Å². The van der Waals surface area contributed by atoms with Crippen molar-refractivity contribution in [1.29, 1.82) is 0 Å². The highest BCUT2D eigenvalue weighted by Gasteiger charge is 2.22. The molecule has 2 N–H and O–H groups in total. The van der Waals surface area contributed by atoms with E-state index in [9.17, 15) is 14.4 Å². The Morgan fingerprint density at radius 2 is 2.00 bits per heavy atom. The van der Waals surface area contributed by atoms with Crippen molar-refractivity contribution in [2.24, 2.45) is 0 Å². The van der Waals surface area contributed by atoms with Crippen LogP contribution in [0.3, 0.4) is 0 Å². The molecular weight excluding hydrogens is 396 g/mol. The van der Waals surface area contributed by atoms with E-state index in [1.165, 1.54) is 0 Å². The zero-order chi connectivity index (χ0) is 21.4. The molecule has 0 aliphatic heterocycles. The number of carbonyl (C=O) groups is 3. The van der Waals surface area contributed by atoms with Gasteiger partial charge in [-0.3, -0.25) is 14.3 Å². The second-order valence-corrected chi connectivity index (χ2v) is 6.75. The zero-order valence-electron chi connectivity index (χ0n) is 16.8.